The van der Waals surface area contributed by atoms with E-state index in [0.29, 0.717) is 5.89 Å². The maximum Gasteiger partial charge on any atom is 0.311 e. The highest BCUT2D eigenvalue weighted by atomic mass is 16.5. The highest BCUT2D eigenvalue weighted by Crippen LogP contribution is 2.21. The van der Waals surface area contributed by atoms with Crippen molar-refractivity contribution in [2.45, 2.75) is 25.2 Å². The minimum absolute atomic E-state index is 0.177. The number of carboxylic acids is 1. The first-order chi connectivity index (χ1) is 7.25. The first-order valence-electron chi connectivity index (χ1n) is 5.00. The molecule has 82 valence electrons. The molecule has 0 radical (unpaired) electrons. The smallest absolute Gasteiger partial charge is 0.311 e. The number of hydrogen-bond acceptors (Lipinski definition) is 5. The summed E-state index contributed by atoms with van der Waals surface area (Å²) in [6.45, 7) is 1.85. The van der Waals surface area contributed by atoms with E-state index in [-0.39, 0.29) is 18.2 Å². The zero-order valence-corrected chi connectivity index (χ0v) is 8.27. The number of rotatable bonds is 3. The molecule has 0 spiro atoms. The third kappa shape index (κ3) is 2.53. The van der Waals surface area contributed by atoms with Crippen LogP contribution in [0.15, 0.2) is 4.52 Å². The van der Waals surface area contributed by atoms with Gasteiger partial charge >= 0.3 is 5.97 Å². The van der Waals surface area contributed by atoms with E-state index >= 15 is 0 Å². The van der Waals surface area contributed by atoms with E-state index in [2.05, 4.69) is 15.5 Å². The molecule has 0 saturated carbocycles. The Morgan fingerprint density at radius 1 is 1.67 bits per heavy atom. The van der Waals surface area contributed by atoms with E-state index in [1.165, 1.54) is 0 Å². The lowest BCUT2D eigenvalue weighted by Gasteiger charge is -2.18. The molecule has 6 heteroatoms. The van der Waals surface area contributed by atoms with Crippen LogP contribution >= 0.6 is 0 Å². The normalized spacial score (nSPS) is 21.5. The van der Waals surface area contributed by atoms with Crippen molar-refractivity contribution in [3.8, 4) is 0 Å². The Bertz CT molecular complexity index is 344. The fraction of sp³-hybridized carbons (Fsp3) is 0.667. The lowest BCUT2D eigenvalue weighted by molar-refractivity contribution is -0.136. The third-order valence-electron chi connectivity index (χ3n) is 2.44. The molecule has 0 aromatic carbocycles. The molecule has 6 nitrogen and oxygen atoms in total. The summed E-state index contributed by atoms with van der Waals surface area (Å²) in [5.41, 5.74) is 0. The van der Waals surface area contributed by atoms with Crippen LogP contribution in [0.25, 0.3) is 0 Å². The molecule has 2 N–H and O–H groups in total. The van der Waals surface area contributed by atoms with Crippen LogP contribution in [0, 0.1) is 0 Å². The molecule has 1 aliphatic rings. The van der Waals surface area contributed by atoms with Crippen molar-refractivity contribution in [1.82, 2.24) is 15.5 Å². The van der Waals surface area contributed by atoms with Gasteiger partial charge in [0, 0.05) is 6.54 Å². The van der Waals surface area contributed by atoms with Gasteiger partial charge in [-0.3, -0.25) is 4.79 Å². The number of aromatic nitrogens is 2. The summed E-state index contributed by atoms with van der Waals surface area (Å²) in [6.07, 6.45) is 1.92. The van der Waals surface area contributed by atoms with Gasteiger partial charge in [-0.05, 0) is 19.4 Å². The van der Waals surface area contributed by atoms with Gasteiger partial charge in [-0.2, -0.15) is 4.98 Å². The Balaban J connectivity index is 2.02. The van der Waals surface area contributed by atoms with Gasteiger partial charge in [-0.25, -0.2) is 0 Å². The largest absolute Gasteiger partial charge is 0.481 e. The number of aliphatic carboxylic acids is 1. The molecular weight excluding hydrogens is 198 g/mol. The number of carbonyl (C=O) groups is 1. The minimum Gasteiger partial charge on any atom is -0.481 e. The summed E-state index contributed by atoms with van der Waals surface area (Å²) in [7, 11) is 0. The molecular formula is C9H13N3O3. The Hall–Kier alpha value is -1.43. The van der Waals surface area contributed by atoms with E-state index in [0.717, 1.165) is 25.9 Å². The van der Waals surface area contributed by atoms with Crippen LogP contribution in [-0.4, -0.2) is 34.3 Å². The predicted octanol–water partition coefficient (Wildman–Crippen LogP) is 0.164. The Morgan fingerprint density at radius 3 is 3.20 bits per heavy atom. The average Bonchev–Trinajstić information content (AvgIpc) is 2.67. The molecule has 1 aromatic rings. The lowest BCUT2D eigenvalue weighted by Crippen LogP contribution is -2.28. The van der Waals surface area contributed by atoms with E-state index < -0.39 is 5.97 Å². The number of piperidine rings is 1. The summed E-state index contributed by atoms with van der Waals surface area (Å²) in [5.74, 6) is 0.0967. The van der Waals surface area contributed by atoms with Gasteiger partial charge in [-0.1, -0.05) is 5.16 Å². The van der Waals surface area contributed by atoms with Crippen LogP contribution in [0.2, 0.25) is 0 Å². The monoisotopic (exact) mass is 211 g/mol. The molecule has 0 aliphatic carbocycles. The molecule has 1 unspecified atom stereocenters. The SMILES string of the molecule is O=C(O)Cc1noc(C2CCCNC2)n1. The molecule has 1 atom stereocenters. The molecule has 1 aliphatic heterocycles. The van der Waals surface area contributed by atoms with Crippen molar-refractivity contribution in [3.63, 3.8) is 0 Å². The summed E-state index contributed by atoms with van der Waals surface area (Å²) in [6, 6.07) is 0. The summed E-state index contributed by atoms with van der Waals surface area (Å²) >= 11 is 0. The zero-order chi connectivity index (χ0) is 10.7. The second kappa shape index (κ2) is 4.39. The van der Waals surface area contributed by atoms with E-state index in [9.17, 15) is 4.79 Å². The molecule has 1 saturated heterocycles. The molecule has 15 heavy (non-hydrogen) atoms. The average molecular weight is 211 g/mol. The number of hydrogen-bond donors (Lipinski definition) is 2. The van der Waals surface area contributed by atoms with Crippen molar-refractivity contribution in [2.24, 2.45) is 0 Å². The van der Waals surface area contributed by atoms with Gasteiger partial charge in [0.1, 0.15) is 6.42 Å². The lowest BCUT2D eigenvalue weighted by atomic mass is 10.00. The second-order valence-electron chi connectivity index (χ2n) is 3.66. The van der Waals surface area contributed by atoms with Crippen LogP contribution in [0.3, 0.4) is 0 Å². The van der Waals surface area contributed by atoms with Gasteiger partial charge in [0.15, 0.2) is 5.82 Å². The van der Waals surface area contributed by atoms with Gasteiger partial charge in [0.2, 0.25) is 5.89 Å². The summed E-state index contributed by atoms with van der Waals surface area (Å²) < 4.78 is 5.04. The van der Waals surface area contributed by atoms with Crippen molar-refractivity contribution >= 4 is 5.97 Å². The molecule has 2 heterocycles. The van der Waals surface area contributed by atoms with Gasteiger partial charge in [0.25, 0.3) is 0 Å². The van der Waals surface area contributed by atoms with Gasteiger partial charge in [0.05, 0.1) is 5.92 Å². The highest BCUT2D eigenvalue weighted by Gasteiger charge is 2.21. The first kappa shape index (κ1) is 10.1. The molecule has 0 bridgehead atoms. The molecule has 1 fully saturated rings. The van der Waals surface area contributed by atoms with Crippen molar-refractivity contribution in [2.75, 3.05) is 13.1 Å². The maximum absolute atomic E-state index is 10.4. The van der Waals surface area contributed by atoms with Crippen molar-refractivity contribution in [1.29, 1.82) is 0 Å². The zero-order valence-electron chi connectivity index (χ0n) is 8.27. The van der Waals surface area contributed by atoms with Crippen LogP contribution in [0.4, 0.5) is 0 Å². The predicted molar refractivity (Wildman–Crippen MR) is 50.5 cm³/mol. The van der Waals surface area contributed by atoms with E-state index in [1.54, 1.807) is 0 Å². The van der Waals surface area contributed by atoms with Crippen LogP contribution in [-0.2, 0) is 11.2 Å². The van der Waals surface area contributed by atoms with E-state index in [4.69, 9.17) is 9.63 Å². The minimum atomic E-state index is -0.941. The summed E-state index contributed by atoms with van der Waals surface area (Å²) in [4.78, 5) is 14.5. The number of carboxylic acid groups (broad SMARTS) is 1. The van der Waals surface area contributed by atoms with E-state index in [1.807, 2.05) is 0 Å². The Labute approximate surface area is 86.7 Å². The first-order valence-corrected chi connectivity index (χ1v) is 5.00. The number of nitrogens with one attached hydrogen (secondary N) is 1. The maximum atomic E-state index is 10.4. The highest BCUT2D eigenvalue weighted by molar-refractivity contribution is 5.68. The summed E-state index contributed by atoms with van der Waals surface area (Å²) in [5, 5.41) is 15.4. The Kier molecular flexibility index (Phi) is 2.96. The van der Waals surface area contributed by atoms with Gasteiger partial charge in [-0.15, -0.1) is 0 Å². The van der Waals surface area contributed by atoms with Crippen LogP contribution < -0.4 is 5.32 Å². The molecule has 2 rings (SSSR count). The number of nitrogens with zero attached hydrogens (tertiary/aromatic N) is 2. The Morgan fingerprint density at radius 2 is 2.53 bits per heavy atom. The van der Waals surface area contributed by atoms with Crippen molar-refractivity contribution < 1.29 is 14.4 Å². The van der Waals surface area contributed by atoms with Crippen LogP contribution in [0.5, 0.6) is 0 Å². The quantitative estimate of drug-likeness (QED) is 0.740. The van der Waals surface area contributed by atoms with Crippen molar-refractivity contribution in [3.05, 3.63) is 11.7 Å². The topological polar surface area (TPSA) is 88.2 Å². The second-order valence-corrected chi connectivity index (χ2v) is 3.66. The van der Waals surface area contributed by atoms with Crippen LogP contribution in [0.1, 0.15) is 30.5 Å². The molecule has 1 aromatic heterocycles. The molecule has 0 amide bonds. The fourth-order valence-electron chi connectivity index (χ4n) is 1.70. The van der Waals surface area contributed by atoms with Gasteiger partial charge < -0.3 is 14.9 Å². The third-order valence-corrected chi connectivity index (χ3v) is 2.44. The standard InChI is InChI=1S/C9H13N3O3/c13-8(14)4-7-11-9(15-12-7)6-2-1-3-10-5-6/h6,10H,1-5H2,(H,13,14). The fourth-order valence-corrected chi connectivity index (χ4v) is 1.70.